The number of carbonyl (C=O) groups excluding carboxylic acids is 1. The van der Waals surface area contributed by atoms with Crippen LogP contribution in [0.25, 0.3) is 0 Å². The molecule has 4 nitrogen and oxygen atoms in total. The van der Waals surface area contributed by atoms with E-state index in [1.165, 1.54) is 24.3 Å². The van der Waals surface area contributed by atoms with E-state index in [9.17, 15) is 14.9 Å². The van der Waals surface area contributed by atoms with E-state index in [-0.39, 0.29) is 11.5 Å². The van der Waals surface area contributed by atoms with Crippen LogP contribution in [0.4, 0.5) is 5.69 Å². The van der Waals surface area contributed by atoms with Crippen LogP contribution in [0, 0.1) is 10.1 Å². The van der Waals surface area contributed by atoms with Gasteiger partial charge in [-0.05, 0) is 12.1 Å². The summed E-state index contributed by atoms with van der Waals surface area (Å²) in [6.45, 7) is 4.00. The van der Waals surface area contributed by atoms with Gasteiger partial charge in [-0.3, -0.25) is 14.9 Å². The molecule has 0 atom stereocenters. The van der Waals surface area contributed by atoms with Gasteiger partial charge in [0.2, 0.25) is 0 Å². The second-order valence-corrected chi connectivity index (χ2v) is 3.50. The minimum atomic E-state index is -0.489. The molecule has 0 aliphatic carbocycles. The Kier molecular flexibility index (Phi) is 5.41. The number of benzene rings is 2. The maximum Gasteiger partial charge on any atom is 0.269 e. The average Bonchev–Trinajstić information content (AvgIpc) is 2.49. The van der Waals surface area contributed by atoms with E-state index in [0.717, 1.165) is 0 Å². The first-order valence-electron chi connectivity index (χ1n) is 6.02. The molecule has 4 heteroatoms. The Morgan fingerprint density at radius 2 is 1.37 bits per heavy atom. The van der Waals surface area contributed by atoms with Crippen molar-refractivity contribution in [1.29, 1.82) is 0 Å². The summed E-state index contributed by atoms with van der Waals surface area (Å²) < 4.78 is 0. The molecule has 0 N–H and O–H groups in total. The lowest BCUT2D eigenvalue weighted by Crippen LogP contribution is -2.00. The van der Waals surface area contributed by atoms with Crippen molar-refractivity contribution in [3.8, 4) is 0 Å². The summed E-state index contributed by atoms with van der Waals surface area (Å²) in [5.74, 6) is -0.138. The molecule has 2 aromatic carbocycles. The number of carbonyl (C=O) groups is 1. The molecule has 2 rings (SSSR count). The number of non-ortho nitro benzene ring substituents is 1. The fraction of sp³-hybridized carbons (Fsp3) is 0.133. The maximum atomic E-state index is 12.0. The molecule has 2 aromatic rings. The number of nitro groups is 1. The van der Waals surface area contributed by atoms with Gasteiger partial charge in [0.25, 0.3) is 5.69 Å². The molecule has 0 saturated heterocycles. The highest BCUT2D eigenvalue weighted by molar-refractivity contribution is 6.09. The third-order valence-electron chi connectivity index (χ3n) is 2.38. The van der Waals surface area contributed by atoms with E-state index in [0.29, 0.717) is 11.1 Å². The second-order valence-electron chi connectivity index (χ2n) is 3.50. The smallest absolute Gasteiger partial charge is 0.269 e. The molecule has 0 amide bonds. The highest BCUT2D eigenvalue weighted by Gasteiger charge is 2.10. The average molecular weight is 257 g/mol. The van der Waals surface area contributed by atoms with Crippen LogP contribution in [0.5, 0.6) is 0 Å². The number of nitrogens with zero attached hydrogens (tertiary/aromatic N) is 1. The predicted octanol–water partition coefficient (Wildman–Crippen LogP) is 3.85. The van der Waals surface area contributed by atoms with E-state index in [4.69, 9.17) is 0 Å². The van der Waals surface area contributed by atoms with E-state index in [1.54, 1.807) is 24.3 Å². The van der Waals surface area contributed by atoms with Crippen molar-refractivity contribution >= 4 is 11.5 Å². The Hall–Kier alpha value is -2.49. The topological polar surface area (TPSA) is 60.2 Å². The summed E-state index contributed by atoms with van der Waals surface area (Å²) in [7, 11) is 0. The van der Waals surface area contributed by atoms with Crippen LogP contribution >= 0.6 is 0 Å². The molecule has 0 saturated carbocycles. The number of hydrogen-bond donors (Lipinski definition) is 0. The summed E-state index contributed by atoms with van der Waals surface area (Å²) >= 11 is 0. The third-order valence-corrected chi connectivity index (χ3v) is 2.38. The number of nitro benzene ring substituents is 1. The predicted molar refractivity (Wildman–Crippen MR) is 74.3 cm³/mol. The summed E-state index contributed by atoms with van der Waals surface area (Å²) in [6, 6.07) is 14.4. The Labute approximate surface area is 111 Å². The molecular weight excluding hydrogens is 242 g/mol. The lowest BCUT2D eigenvalue weighted by Gasteiger charge is -2.00. The summed E-state index contributed by atoms with van der Waals surface area (Å²) in [6.07, 6.45) is 0. The van der Waals surface area contributed by atoms with Crippen LogP contribution in [0.1, 0.15) is 29.8 Å². The van der Waals surface area contributed by atoms with Gasteiger partial charge in [0.15, 0.2) is 5.78 Å². The first kappa shape index (κ1) is 14.6. The Morgan fingerprint density at radius 1 is 0.895 bits per heavy atom. The molecule has 0 heterocycles. The van der Waals surface area contributed by atoms with Crippen LogP contribution in [0.2, 0.25) is 0 Å². The SMILES string of the molecule is CC.O=C(c1ccccc1)c1ccc([N+](=O)[O-])cc1. The van der Waals surface area contributed by atoms with Crippen LogP contribution in [0.15, 0.2) is 54.6 Å². The van der Waals surface area contributed by atoms with E-state index >= 15 is 0 Å². The molecule has 98 valence electrons. The first-order chi connectivity index (χ1) is 9.18. The maximum absolute atomic E-state index is 12.0. The van der Waals surface area contributed by atoms with E-state index < -0.39 is 4.92 Å². The van der Waals surface area contributed by atoms with E-state index in [2.05, 4.69) is 0 Å². The van der Waals surface area contributed by atoms with Crippen molar-refractivity contribution in [2.24, 2.45) is 0 Å². The van der Waals surface area contributed by atoms with Crippen molar-refractivity contribution in [2.75, 3.05) is 0 Å². The Bertz CT molecular complexity index is 547. The molecule has 0 aliphatic rings. The lowest BCUT2D eigenvalue weighted by atomic mass is 10.0. The monoisotopic (exact) mass is 257 g/mol. The molecule has 19 heavy (non-hydrogen) atoms. The zero-order valence-electron chi connectivity index (χ0n) is 10.9. The molecular formula is C15H15NO3. The van der Waals surface area contributed by atoms with Gasteiger partial charge < -0.3 is 0 Å². The zero-order valence-corrected chi connectivity index (χ0v) is 10.9. The van der Waals surface area contributed by atoms with Gasteiger partial charge in [0, 0.05) is 23.3 Å². The molecule has 0 radical (unpaired) electrons. The molecule has 0 fully saturated rings. The van der Waals surface area contributed by atoms with Gasteiger partial charge in [-0.1, -0.05) is 44.2 Å². The summed E-state index contributed by atoms with van der Waals surface area (Å²) in [5.41, 5.74) is 0.998. The van der Waals surface area contributed by atoms with Crippen molar-refractivity contribution in [2.45, 2.75) is 13.8 Å². The highest BCUT2D eigenvalue weighted by Crippen LogP contribution is 2.15. The zero-order chi connectivity index (χ0) is 14.3. The summed E-state index contributed by atoms with van der Waals surface area (Å²) in [4.78, 5) is 21.9. The molecule has 0 aromatic heterocycles. The van der Waals surface area contributed by atoms with Crippen LogP contribution in [-0.4, -0.2) is 10.7 Å². The third kappa shape index (κ3) is 3.74. The summed E-state index contributed by atoms with van der Waals surface area (Å²) in [5, 5.41) is 10.5. The molecule has 0 spiro atoms. The largest absolute Gasteiger partial charge is 0.289 e. The Morgan fingerprint density at radius 3 is 1.84 bits per heavy atom. The number of ketones is 1. The molecule has 0 bridgehead atoms. The number of hydrogen-bond acceptors (Lipinski definition) is 3. The second kappa shape index (κ2) is 7.06. The van der Waals surface area contributed by atoms with Gasteiger partial charge in [-0.2, -0.15) is 0 Å². The highest BCUT2D eigenvalue weighted by atomic mass is 16.6. The molecule has 0 unspecified atom stereocenters. The van der Waals surface area contributed by atoms with Crippen LogP contribution in [-0.2, 0) is 0 Å². The normalized spacial score (nSPS) is 9.16. The van der Waals surface area contributed by atoms with Gasteiger partial charge in [-0.15, -0.1) is 0 Å². The Balaban J connectivity index is 0.000000861. The van der Waals surface area contributed by atoms with Gasteiger partial charge >= 0.3 is 0 Å². The fourth-order valence-electron chi connectivity index (χ4n) is 1.49. The minimum Gasteiger partial charge on any atom is -0.289 e. The lowest BCUT2D eigenvalue weighted by molar-refractivity contribution is -0.384. The van der Waals surface area contributed by atoms with Gasteiger partial charge in [0.1, 0.15) is 0 Å². The van der Waals surface area contributed by atoms with E-state index in [1.807, 2.05) is 19.9 Å². The van der Waals surface area contributed by atoms with Crippen molar-refractivity contribution < 1.29 is 9.72 Å². The standard InChI is InChI=1S/C13H9NO3.C2H6/c15-13(10-4-2-1-3-5-10)11-6-8-12(9-7-11)14(16)17;1-2/h1-9H;1-2H3. The van der Waals surface area contributed by atoms with Crippen LogP contribution in [0.3, 0.4) is 0 Å². The van der Waals surface area contributed by atoms with Crippen LogP contribution < -0.4 is 0 Å². The van der Waals surface area contributed by atoms with Crippen molar-refractivity contribution in [1.82, 2.24) is 0 Å². The number of rotatable bonds is 3. The van der Waals surface area contributed by atoms with Crippen molar-refractivity contribution in [3.63, 3.8) is 0 Å². The van der Waals surface area contributed by atoms with Gasteiger partial charge in [0.05, 0.1) is 4.92 Å². The quantitative estimate of drug-likeness (QED) is 0.476. The first-order valence-corrected chi connectivity index (χ1v) is 6.02. The fourth-order valence-corrected chi connectivity index (χ4v) is 1.49. The van der Waals surface area contributed by atoms with Gasteiger partial charge in [-0.25, -0.2) is 0 Å². The van der Waals surface area contributed by atoms with Crippen molar-refractivity contribution in [3.05, 3.63) is 75.8 Å². The minimum absolute atomic E-state index is 0.0189. The molecule has 0 aliphatic heterocycles.